The van der Waals surface area contributed by atoms with E-state index in [1.54, 1.807) is 17.2 Å². The van der Waals surface area contributed by atoms with Crippen molar-refractivity contribution in [2.24, 2.45) is 11.8 Å². The first-order valence-electron chi connectivity index (χ1n) is 7.57. The van der Waals surface area contributed by atoms with Crippen molar-refractivity contribution in [1.29, 1.82) is 0 Å². The number of benzene rings is 1. The van der Waals surface area contributed by atoms with Crippen LogP contribution in [0.25, 0.3) is 11.0 Å². The highest BCUT2D eigenvalue weighted by Gasteiger charge is 2.53. The molecule has 2 fully saturated rings. The van der Waals surface area contributed by atoms with Crippen molar-refractivity contribution in [1.82, 2.24) is 4.90 Å². The zero-order valence-electron chi connectivity index (χ0n) is 12.1. The first-order valence-corrected chi connectivity index (χ1v) is 7.57. The van der Waals surface area contributed by atoms with Crippen molar-refractivity contribution in [2.45, 2.75) is 25.4 Å². The van der Waals surface area contributed by atoms with E-state index in [1.807, 2.05) is 25.1 Å². The monoisotopic (exact) mass is 285 g/mol. The molecule has 110 valence electrons. The highest BCUT2D eigenvalue weighted by atomic mass is 16.3. The van der Waals surface area contributed by atoms with Crippen LogP contribution in [0.1, 0.15) is 30.1 Å². The number of furan rings is 1. The Kier molecular flexibility index (Phi) is 2.67. The lowest BCUT2D eigenvalue weighted by Gasteiger charge is -2.26. The Morgan fingerprint density at radius 2 is 2.19 bits per heavy atom. The van der Waals surface area contributed by atoms with Gasteiger partial charge in [-0.25, -0.2) is 0 Å². The van der Waals surface area contributed by atoms with Gasteiger partial charge in [0.15, 0.2) is 0 Å². The molecular weight excluding hydrogens is 266 g/mol. The fourth-order valence-electron chi connectivity index (χ4n) is 3.57. The summed E-state index contributed by atoms with van der Waals surface area (Å²) in [6, 6.07) is 7.35. The van der Waals surface area contributed by atoms with Gasteiger partial charge in [0.25, 0.3) is 5.91 Å². The molecule has 0 radical (unpaired) electrons. The fourth-order valence-corrected chi connectivity index (χ4v) is 3.57. The van der Waals surface area contributed by atoms with E-state index < -0.39 is 5.60 Å². The molecule has 1 aliphatic heterocycles. The van der Waals surface area contributed by atoms with Crippen LogP contribution in [0.5, 0.6) is 0 Å². The maximum absolute atomic E-state index is 12.7. The smallest absolute Gasteiger partial charge is 0.253 e. The van der Waals surface area contributed by atoms with Gasteiger partial charge in [-0.3, -0.25) is 4.79 Å². The molecule has 2 heterocycles. The van der Waals surface area contributed by atoms with Gasteiger partial charge >= 0.3 is 0 Å². The Morgan fingerprint density at radius 1 is 1.38 bits per heavy atom. The topological polar surface area (TPSA) is 53.7 Å². The Bertz CT molecular complexity index is 703. The predicted octanol–water partition coefficient (Wildman–Crippen LogP) is 2.67. The third-order valence-electron chi connectivity index (χ3n) is 5.06. The Labute approximate surface area is 123 Å². The van der Waals surface area contributed by atoms with Gasteiger partial charge in [0, 0.05) is 23.4 Å². The van der Waals surface area contributed by atoms with Crippen molar-refractivity contribution in [3.8, 4) is 0 Å². The number of rotatable bonds is 2. The molecule has 0 spiro atoms. The second-order valence-electron chi connectivity index (χ2n) is 6.53. The van der Waals surface area contributed by atoms with E-state index in [1.165, 1.54) is 0 Å². The van der Waals surface area contributed by atoms with Gasteiger partial charge in [0.2, 0.25) is 0 Å². The van der Waals surface area contributed by atoms with Gasteiger partial charge in [0.1, 0.15) is 5.58 Å². The van der Waals surface area contributed by atoms with Crippen molar-refractivity contribution in [3.05, 3.63) is 36.1 Å². The molecule has 1 saturated carbocycles. The molecule has 2 unspecified atom stereocenters. The van der Waals surface area contributed by atoms with Crippen LogP contribution >= 0.6 is 0 Å². The van der Waals surface area contributed by atoms with E-state index in [0.717, 1.165) is 23.8 Å². The number of β-amino-alcohol motifs (C(OH)–C–C–N with tert-alkyl or cyclic N) is 1. The first-order chi connectivity index (χ1) is 10.1. The van der Waals surface area contributed by atoms with E-state index in [0.29, 0.717) is 24.6 Å². The summed E-state index contributed by atoms with van der Waals surface area (Å²) < 4.78 is 5.30. The quantitative estimate of drug-likeness (QED) is 0.923. The number of aliphatic hydroxyl groups is 1. The summed E-state index contributed by atoms with van der Waals surface area (Å²) in [5.74, 6) is 0.523. The number of carbonyl (C=O) groups is 1. The van der Waals surface area contributed by atoms with Crippen molar-refractivity contribution in [3.63, 3.8) is 0 Å². The summed E-state index contributed by atoms with van der Waals surface area (Å²) in [6.45, 7) is 3.14. The number of carbonyl (C=O) groups excluding carboxylic acids is 1. The molecule has 1 aliphatic carbocycles. The molecule has 1 amide bonds. The number of fused-ring (bicyclic) bond motifs is 1. The first kappa shape index (κ1) is 12.9. The lowest BCUT2D eigenvalue weighted by Crippen LogP contribution is -2.40. The molecule has 1 aromatic carbocycles. The third kappa shape index (κ3) is 1.97. The summed E-state index contributed by atoms with van der Waals surface area (Å²) in [6.07, 6.45) is 3.80. The molecule has 21 heavy (non-hydrogen) atoms. The molecule has 1 saturated heterocycles. The highest BCUT2D eigenvalue weighted by Crippen LogP contribution is 2.47. The zero-order valence-corrected chi connectivity index (χ0v) is 12.1. The Balaban J connectivity index is 1.60. The maximum Gasteiger partial charge on any atom is 0.253 e. The Morgan fingerprint density at radius 3 is 2.95 bits per heavy atom. The van der Waals surface area contributed by atoms with Gasteiger partial charge in [-0.1, -0.05) is 6.92 Å². The van der Waals surface area contributed by atoms with Crippen molar-refractivity contribution >= 4 is 16.9 Å². The summed E-state index contributed by atoms with van der Waals surface area (Å²) in [7, 11) is 0. The van der Waals surface area contributed by atoms with Crippen LogP contribution in [0.3, 0.4) is 0 Å². The molecule has 1 N–H and O–H groups in total. The predicted molar refractivity (Wildman–Crippen MR) is 79.0 cm³/mol. The van der Waals surface area contributed by atoms with Crippen LogP contribution in [0.2, 0.25) is 0 Å². The minimum absolute atomic E-state index is 0.00141. The molecule has 2 aliphatic rings. The van der Waals surface area contributed by atoms with E-state index in [9.17, 15) is 9.90 Å². The summed E-state index contributed by atoms with van der Waals surface area (Å²) in [5.41, 5.74) is 0.766. The van der Waals surface area contributed by atoms with Gasteiger partial charge in [-0.2, -0.15) is 0 Å². The van der Waals surface area contributed by atoms with Gasteiger partial charge in [0.05, 0.1) is 18.4 Å². The second-order valence-corrected chi connectivity index (χ2v) is 6.53. The summed E-state index contributed by atoms with van der Waals surface area (Å²) in [4.78, 5) is 14.5. The average molecular weight is 285 g/mol. The molecule has 0 bridgehead atoms. The van der Waals surface area contributed by atoms with Gasteiger partial charge in [-0.05, 0) is 43.0 Å². The van der Waals surface area contributed by atoms with Crippen LogP contribution in [0.15, 0.2) is 34.9 Å². The van der Waals surface area contributed by atoms with Gasteiger partial charge in [-0.15, -0.1) is 0 Å². The van der Waals surface area contributed by atoms with Crippen molar-refractivity contribution in [2.75, 3.05) is 13.1 Å². The second kappa shape index (κ2) is 4.34. The lowest BCUT2D eigenvalue weighted by molar-refractivity contribution is -0.00364. The average Bonchev–Trinajstić information content (AvgIpc) is 3.16. The SMILES string of the molecule is CC1CN(C(=O)c2ccc3occc3c2)CC1(O)C1CC1. The normalized spacial score (nSPS) is 29.2. The molecule has 4 nitrogen and oxygen atoms in total. The minimum Gasteiger partial charge on any atom is -0.464 e. The molecule has 2 aromatic rings. The molecule has 2 atom stereocenters. The molecule has 4 rings (SSSR count). The van der Waals surface area contributed by atoms with Crippen LogP contribution in [0, 0.1) is 11.8 Å². The minimum atomic E-state index is -0.685. The zero-order chi connectivity index (χ0) is 14.6. The highest BCUT2D eigenvalue weighted by molar-refractivity contribution is 5.98. The third-order valence-corrected chi connectivity index (χ3v) is 5.06. The molecule has 4 heteroatoms. The van der Waals surface area contributed by atoms with Crippen LogP contribution < -0.4 is 0 Å². The lowest BCUT2D eigenvalue weighted by atomic mass is 9.88. The van der Waals surface area contributed by atoms with Crippen LogP contribution in [-0.4, -0.2) is 34.6 Å². The maximum atomic E-state index is 12.7. The van der Waals surface area contributed by atoms with Crippen LogP contribution in [-0.2, 0) is 0 Å². The largest absolute Gasteiger partial charge is 0.464 e. The standard InChI is InChI=1S/C17H19NO3/c1-11-9-18(10-17(11,20)14-3-4-14)16(19)13-2-5-15-12(8-13)6-7-21-15/h2,5-8,11,14,20H,3-4,9-10H2,1H3. The van der Waals surface area contributed by atoms with Crippen LogP contribution in [0.4, 0.5) is 0 Å². The van der Waals surface area contributed by atoms with E-state index in [4.69, 9.17) is 4.42 Å². The van der Waals surface area contributed by atoms with E-state index in [-0.39, 0.29) is 11.8 Å². The van der Waals surface area contributed by atoms with Gasteiger partial charge < -0.3 is 14.4 Å². The fraction of sp³-hybridized carbons (Fsp3) is 0.471. The number of likely N-dealkylation sites (tertiary alicyclic amines) is 1. The Hall–Kier alpha value is -1.81. The number of hydrogen-bond acceptors (Lipinski definition) is 3. The van der Waals surface area contributed by atoms with E-state index >= 15 is 0 Å². The molecule has 1 aromatic heterocycles. The summed E-state index contributed by atoms with van der Waals surface area (Å²) in [5, 5.41) is 11.7. The van der Waals surface area contributed by atoms with Crippen molar-refractivity contribution < 1.29 is 14.3 Å². The van der Waals surface area contributed by atoms with E-state index in [2.05, 4.69) is 0 Å². The summed E-state index contributed by atoms with van der Waals surface area (Å²) >= 11 is 0. The number of amides is 1. The number of nitrogens with zero attached hydrogens (tertiary/aromatic N) is 1. The number of hydrogen-bond donors (Lipinski definition) is 1. The molecular formula is C17H19NO3.